The third-order valence-electron chi connectivity index (χ3n) is 15.0. The van der Waals surface area contributed by atoms with Gasteiger partial charge in [-0.05, 0) is 144 Å². The molecule has 0 radical (unpaired) electrons. The maximum absolute atomic E-state index is 8.17. The van der Waals surface area contributed by atoms with Gasteiger partial charge in [-0.25, -0.2) is 15.0 Å². The summed E-state index contributed by atoms with van der Waals surface area (Å²) >= 11 is 0. The standard InChI is InChI=1S/C64H64N6/c1-46-26-18-22-43-57(46)68(58-44-23-19-27-47(58)2)70(67(52-36-14-6-15-37-52)53-38-16-7-17-39-53)69(59-45-24-33-48-30-20-21-40-54(48)59)64-56-42-25-41-55(49-28-8-3-9-29-49)61(56)60(50-31-10-4-11-32-50)62(65)63(64)66-51-34-12-5-13-35-51/h5-7,12-27,30,33-45,49-50,66H,3-4,8-11,28-29,31-32,65H2,1-2H3. The SMILES string of the molecule is Cc1ccccc1N(c1ccccc1C)N(N(c1ccccc1)c1ccccc1)N(c1cccc2ccccc12)c1c(Nc2ccccc2)c(N)c(C2CCCCC2)c2c(C3CCCCC3)cccc12. The minimum Gasteiger partial charge on any atom is -0.397 e. The zero-order valence-electron chi connectivity index (χ0n) is 40.6. The molecule has 9 aromatic rings. The van der Waals surface area contributed by atoms with Crippen LogP contribution in [0.15, 0.2) is 200 Å². The lowest BCUT2D eigenvalue weighted by Gasteiger charge is -2.51. The van der Waals surface area contributed by atoms with Crippen LogP contribution in [0.5, 0.6) is 0 Å². The van der Waals surface area contributed by atoms with Gasteiger partial charge in [0, 0.05) is 16.5 Å². The second-order valence-electron chi connectivity index (χ2n) is 19.4. The van der Waals surface area contributed by atoms with Gasteiger partial charge in [0.15, 0.2) is 0 Å². The maximum atomic E-state index is 8.17. The third-order valence-corrected chi connectivity index (χ3v) is 15.0. The number of hydrogen-bond donors (Lipinski definition) is 2. The molecule has 0 atom stereocenters. The summed E-state index contributed by atoms with van der Waals surface area (Å²) in [6, 6.07) is 72.6. The van der Waals surface area contributed by atoms with E-state index < -0.39 is 0 Å². The Labute approximate surface area is 414 Å². The first-order valence-corrected chi connectivity index (χ1v) is 25.6. The van der Waals surface area contributed by atoms with Crippen LogP contribution in [0, 0.1) is 13.8 Å². The molecule has 0 aromatic heterocycles. The van der Waals surface area contributed by atoms with Crippen molar-refractivity contribution < 1.29 is 0 Å². The van der Waals surface area contributed by atoms with Crippen molar-refractivity contribution in [3.05, 3.63) is 222 Å². The molecule has 0 amide bonds. The van der Waals surface area contributed by atoms with Crippen molar-refractivity contribution in [3.8, 4) is 0 Å². The molecule has 0 heterocycles. The number of nitrogen functional groups attached to an aromatic ring is 1. The van der Waals surface area contributed by atoms with Crippen molar-refractivity contribution in [2.75, 3.05) is 26.1 Å². The summed E-state index contributed by atoms with van der Waals surface area (Å²) in [4.78, 5) is 0. The number of hydrazine groups is 3. The molecule has 0 aliphatic heterocycles. The summed E-state index contributed by atoms with van der Waals surface area (Å²) in [7, 11) is 0. The van der Waals surface area contributed by atoms with E-state index in [9.17, 15) is 0 Å². The number of nitrogens with zero attached hydrogens (tertiary/aromatic N) is 4. The molecule has 0 spiro atoms. The fourth-order valence-corrected chi connectivity index (χ4v) is 11.6. The quantitative estimate of drug-likeness (QED) is 0.0888. The molecular formula is C64H64N6. The third kappa shape index (κ3) is 8.62. The van der Waals surface area contributed by atoms with Gasteiger partial charge in [-0.15, -0.1) is 0 Å². The molecule has 6 nitrogen and oxygen atoms in total. The van der Waals surface area contributed by atoms with Gasteiger partial charge in [0.25, 0.3) is 0 Å². The molecule has 2 fully saturated rings. The van der Waals surface area contributed by atoms with Crippen LogP contribution in [-0.2, 0) is 0 Å². The number of benzene rings is 9. The lowest BCUT2D eigenvalue weighted by Crippen LogP contribution is -2.58. The minimum absolute atomic E-state index is 0.342. The Morgan fingerprint density at radius 3 is 1.53 bits per heavy atom. The molecule has 2 saturated carbocycles. The number of fused-ring (bicyclic) bond motifs is 2. The number of rotatable bonds is 13. The summed E-state index contributed by atoms with van der Waals surface area (Å²) < 4.78 is 0. The highest BCUT2D eigenvalue weighted by molar-refractivity contribution is 6.13. The van der Waals surface area contributed by atoms with Crippen molar-refractivity contribution >= 4 is 72.7 Å². The van der Waals surface area contributed by atoms with Crippen molar-refractivity contribution in [3.63, 3.8) is 0 Å². The minimum atomic E-state index is 0.342. The van der Waals surface area contributed by atoms with Gasteiger partial charge in [-0.2, -0.15) is 0 Å². The Kier molecular flexibility index (Phi) is 13.0. The first-order valence-electron chi connectivity index (χ1n) is 25.6. The van der Waals surface area contributed by atoms with Crippen LogP contribution in [0.25, 0.3) is 21.5 Å². The molecule has 70 heavy (non-hydrogen) atoms. The number of anilines is 9. The van der Waals surface area contributed by atoms with Gasteiger partial charge in [0.05, 0.1) is 45.5 Å². The van der Waals surface area contributed by atoms with Crippen LogP contribution in [-0.4, -0.2) is 5.23 Å². The number of hydrogen-bond acceptors (Lipinski definition) is 6. The van der Waals surface area contributed by atoms with E-state index in [1.165, 1.54) is 73.3 Å². The van der Waals surface area contributed by atoms with E-state index in [4.69, 9.17) is 5.73 Å². The fourth-order valence-electron chi connectivity index (χ4n) is 11.6. The van der Waals surface area contributed by atoms with E-state index in [0.29, 0.717) is 11.8 Å². The number of aryl methyl sites for hydroxylation is 2. The van der Waals surface area contributed by atoms with Gasteiger partial charge in [-0.1, -0.05) is 184 Å². The molecule has 0 bridgehead atoms. The maximum Gasteiger partial charge on any atom is 0.0952 e. The van der Waals surface area contributed by atoms with E-state index >= 15 is 0 Å². The zero-order valence-corrected chi connectivity index (χ0v) is 40.6. The highest BCUT2D eigenvalue weighted by Gasteiger charge is 2.40. The first-order chi connectivity index (χ1) is 34.5. The number of nitrogens with one attached hydrogen (secondary N) is 1. The van der Waals surface area contributed by atoms with Crippen molar-refractivity contribution in [2.45, 2.75) is 89.9 Å². The summed E-state index contributed by atoms with van der Waals surface area (Å²) in [5.41, 5.74) is 21.9. The van der Waals surface area contributed by atoms with Crippen LogP contribution in [0.3, 0.4) is 0 Å². The first kappa shape index (κ1) is 44.9. The van der Waals surface area contributed by atoms with Crippen LogP contribution < -0.4 is 26.1 Å². The van der Waals surface area contributed by atoms with Gasteiger partial charge >= 0.3 is 0 Å². The predicted molar refractivity (Wildman–Crippen MR) is 297 cm³/mol. The Bertz CT molecular complexity index is 3120. The average Bonchev–Trinajstić information content (AvgIpc) is 3.42. The second-order valence-corrected chi connectivity index (χ2v) is 19.4. The van der Waals surface area contributed by atoms with Crippen LogP contribution >= 0.6 is 0 Å². The Morgan fingerprint density at radius 1 is 0.429 bits per heavy atom. The van der Waals surface area contributed by atoms with Gasteiger partial charge in [-0.3, -0.25) is 0 Å². The molecule has 0 unspecified atom stereocenters. The van der Waals surface area contributed by atoms with Gasteiger partial charge in [0.1, 0.15) is 0 Å². The van der Waals surface area contributed by atoms with E-state index in [1.54, 1.807) is 0 Å². The zero-order chi connectivity index (χ0) is 47.4. The van der Waals surface area contributed by atoms with Crippen LogP contribution in [0.1, 0.15) is 98.3 Å². The van der Waals surface area contributed by atoms with Crippen molar-refractivity contribution in [1.82, 2.24) is 5.23 Å². The lowest BCUT2D eigenvalue weighted by molar-refractivity contribution is 0.287. The Balaban J connectivity index is 1.36. The summed E-state index contributed by atoms with van der Waals surface area (Å²) in [6.07, 6.45) is 12.1. The normalized spacial score (nSPS) is 14.5. The van der Waals surface area contributed by atoms with E-state index in [0.717, 1.165) is 85.9 Å². The molecule has 3 N–H and O–H groups in total. The number of para-hydroxylation sites is 5. The van der Waals surface area contributed by atoms with E-state index in [2.05, 4.69) is 240 Å². The predicted octanol–water partition coefficient (Wildman–Crippen LogP) is 17.9. The topological polar surface area (TPSA) is 51.0 Å². The van der Waals surface area contributed by atoms with Crippen LogP contribution in [0.2, 0.25) is 0 Å². The van der Waals surface area contributed by atoms with Crippen molar-refractivity contribution in [1.29, 1.82) is 0 Å². The summed E-state index contributed by atoms with van der Waals surface area (Å²) in [5, 5.41) is 18.6. The monoisotopic (exact) mass is 917 g/mol. The molecule has 2 aliphatic carbocycles. The van der Waals surface area contributed by atoms with E-state index in [-0.39, 0.29) is 0 Å². The smallest absolute Gasteiger partial charge is 0.0952 e. The molecule has 0 saturated heterocycles. The highest BCUT2D eigenvalue weighted by atomic mass is 16.0. The largest absolute Gasteiger partial charge is 0.397 e. The molecule has 9 aromatic carbocycles. The van der Waals surface area contributed by atoms with Gasteiger partial charge < -0.3 is 11.1 Å². The van der Waals surface area contributed by atoms with Gasteiger partial charge in [0.2, 0.25) is 0 Å². The average molecular weight is 917 g/mol. The Morgan fingerprint density at radius 2 is 0.914 bits per heavy atom. The van der Waals surface area contributed by atoms with E-state index in [1.807, 2.05) is 0 Å². The fraction of sp³-hybridized carbons (Fsp3) is 0.219. The molecule has 6 heteroatoms. The van der Waals surface area contributed by atoms with Crippen molar-refractivity contribution in [2.24, 2.45) is 0 Å². The molecule has 2 aliphatic rings. The second kappa shape index (κ2) is 20.2. The number of nitrogens with two attached hydrogens (primary N) is 1. The molecule has 11 rings (SSSR count). The Hall–Kier alpha value is -7.54. The molecule has 350 valence electrons. The summed E-state index contributed by atoms with van der Waals surface area (Å²) in [5.74, 6) is 0.789. The lowest BCUT2D eigenvalue weighted by atomic mass is 9.76. The highest BCUT2D eigenvalue weighted by Crippen LogP contribution is 2.55. The molecular weight excluding hydrogens is 853 g/mol. The van der Waals surface area contributed by atoms with Crippen LogP contribution in [0.4, 0.5) is 51.2 Å². The summed E-state index contributed by atoms with van der Waals surface area (Å²) in [6.45, 7) is 4.45.